The highest BCUT2D eigenvalue weighted by Gasteiger charge is 2.28. The molecule has 1 unspecified atom stereocenters. The molecule has 1 N–H and O–H groups in total. The monoisotopic (exact) mass is 334 g/mol. The van der Waals surface area contributed by atoms with E-state index in [0.717, 1.165) is 24.8 Å². The lowest BCUT2D eigenvalue weighted by Gasteiger charge is -2.31. The Hall–Kier alpha value is -1.51. The Kier molecular flexibility index (Phi) is 6.88. The van der Waals surface area contributed by atoms with E-state index in [1.165, 1.54) is 5.56 Å². The summed E-state index contributed by atoms with van der Waals surface area (Å²) in [6.45, 7) is 15.2. The van der Waals surface area contributed by atoms with Crippen LogP contribution in [-0.4, -0.2) is 17.2 Å². The summed E-state index contributed by atoms with van der Waals surface area (Å²) >= 11 is 0. The van der Waals surface area contributed by atoms with E-state index >= 15 is 0 Å². The molecule has 1 aromatic rings. The molecule has 0 spiro atoms. The zero-order valence-electron chi connectivity index (χ0n) is 16.4. The van der Waals surface area contributed by atoms with Crippen LogP contribution in [0.1, 0.15) is 85.3 Å². The average molecular weight is 335 g/mol. The molecular formula is C21H34O3. The summed E-state index contributed by atoms with van der Waals surface area (Å²) in [7, 11) is 0. The van der Waals surface area contributed by atoms with E-state index in [0.29, 0.717) is 12.2 Å². The number of hydrogen-bond acceptors (Lipinski definition) is 2. The Labute approximate surface area is 147 Å². The van der Waals surface area contributed by atoms with Crippen LogP contribution in [0, 0.1) is 0 Å². The first-order chi connectivity index (χ1) is 11.1. The molecule has 1 aromatic carbocycles. The van der Waals surface area contributed by atoms with Gasteiger partial charge in [0.25, 0.3) is 0 Å². The van der Waals surface area contributed by atoms with E-state index in [1.807, 2.05) is 13.0 Å². The molecule has 1 rings (SSSR count). The minimum atomic E-state index is -0.893. The van der Waals surface area contributed by atoms with Gasteiger partial charge in [0.15, 0.2) is 6.10 Å². The van der Waals surface area contributed by atoms with Gasteiger partial charge < -0.3 is 9.84 Å². The van der Waals surface area contributed by atoms with Crippen molar-refractivity contribution in [3.8, 4) is 5.75 Å². The van der Waals surface area contributed by atoms with E-state index in [-0.39, 0.29) is 10.8 Å². The number of carbonyl (C=O) groups is 1. The summed E-state index contributed by atoms with van der Waals surface area (Å²) in [5.74, 6) is -0.187. The maximum atomic E-state index is 11.5. The largest absolute Gasteiger partial charge is 0.479 e. The quantitative estimate of drug-likeness (QED) is 0.630. The first-order valence-corrected chi connectivity index (χ1v) is 9.13. The van der Waals surface area contributed by atoms with Gasteiger partial charge in [0.2, 0.25) is 0 Å². The number of benzene rings is 1. The van der Waals surface area contributed by atoms with Crippen molar-refractivity contribution in [1.82, 2.24) is 0 Å². The summed E-state index contributed by atoms with van der Waals surface area (Å²) in [5.41, 5.74) is 2.40. The van der Waals surface area contributed by atoms with Crippen LogP contribution < -0.4 is 4.74 Å². The van der Waals surface area contributed by atoms with E-state index < -0.39 is 12.1 Å². The second-order valence-electron chi connectivity index (χ2n) is 7.92. The van der Waals surface area contributed by atoms with Gasteiger partial charge in [-0.1, -0.05) is 67.0 Å². The van der Waals surface area contributed by atoms with Crippen LogP contribution in [0.5, 0.6) is 5.75 Å². The van der Waals surface area contributed by atoms with Crippen LogP contribution in [0.3, 0.4) is 0 Å². The summed E-state index contributed by atoms with van der Waals surface area (Å²) < 4.78 is 5.94. The van der Waals surface area contributed by atoms with Crippen molar-refractivity contribution in [2.24, 2.45) is 0 Å². The second kappa shape index (κ2) is 8.04. The summed E-state index contributed by atoms with van der Waals surface area (Å²) in [6, 6.07) is 6.26. The topological polar surface area (TPSA) is 46.5 Å². The SMILES string of the molecule is CCCC(Oc1ccc(C(C)(C)CC)cc1C(C)(C)CC)C(=O)O. The number of carboxylic acids is 1. The molecule has 136 valence electrons. The first-order valence-electron chi connectivity index (χ1n) is 9.13. The lowest BCUT2D eigenvalue weighted by atomic mass is 9.76. The van der Waals surface area contributed by atoms with Gasteiger partial charge >= 0.3 is 5.97 Å². The van der Waals surface area contributed by atoms with Crippen molar-refractivity contribution >= 4 is 5.97 Å². The molecule has 0 radical (unpaired) electrons. The van der Waals surface area contributed by atoms with Crippen LogP contribution in [0.25, 0.3) is 0 Å². The number of ether oxygens (including phenoxy) is 1. The third-order valence-electron chi connectivity index (χ3n) is 5.35. The van der Waals surface area contributed by atoms with Crippen molar-refractivity contribution in [2.75, 3.05) is 0 Å². The third kappa shape index (κ3) is 4.75. The lowest BCUT2D eigenvalue weighted by molar-refractivity contribution is -0.145. The molecule has 0 saturated carbocycles. The van der Waals surface area contributed by atoms with Gasteiger partial charge in [-0.25, -0.2) is 4.79 Å². The van der Waals surface area contributed by atoms with Crippen molar-refractivity contribution in [3.63, 3.8) is 0 Å². The Morgan fingerprint density at radius 3 is 2.12 bits per heavy atom. The first kappa shape index (κ1) is 20.5. The standard InChI is InChI=1S/C21H34O3/c1-8-11-18(19(22)23)24-17-13-12-15(20(4,5)9-2)14-16(17)21(6,7)10-3/h12-14,18H,8-11H2,1-7H3,(H,22,23). The molecule has 24 heavy (non-hydrogen) atoms. The lowest BCUT2D eigenvalue weighted by Crippen LogP contribution is -2.29. The highest BCUT2D eigenvalue weighted by molar-refractivity contribution is 5.72. The molecule has 0 aliphatic carbocycles. The number of aliphatic carboxylic acids is 1. The van der Waals surface area contributed by atoms with Crippen LogP contribution in [0.15, 0.2) is 18.2 Å². The Morgan fingerprint density at radius 2 is 1.67 bits per heavy atom. The summed E-state index contributed by atoms with van der Waals surface area (Å²) in [6.07, 6.45) is 2.53. The molecule has 0 aliphatic heterocycles. The van der Waals surface area contributed by atoms with Crippen molar-refractivity contribution in [3.05, 3.63) is 29.3 Å². The average Bonchev–Trinajstić information content (AvgIpc) is 2.54. The Morgan fingerprint density at radius 1 is 1.08 bits per heavy atom. The molecule has 3 heteroatoms. The van der Waals surface area contributed by atoms with Gasteiger partial charge in [-0.2, -0.15) is 0 Å². The van der Waals surface area contributed by atoms with Gasteiger partial charge in [-0.15, -0.1) is 0 Å². The maximum Gasteiger partial charge on any atom is 0.344 e. The maximum absolute atomic E-state index is 11.5. The molecule has 0 heterocycles. The molecule has 1 atom stereocenters. The van der Waals surface area contributed by atoms with Gasteiger partial charge in [0.1, 0.15) is 5.75 Å². The van der Waals surface area contributed by atoms with Gasteiger partial charge in [-0.3, -0.25) is 0 Å². The highest BCUT2D eigenvalue weighted by Crippen LogP contribution is 2.39. The van der Waals surface area contributed by atoms with Crippen LogP contribution >= 0.6 is 0 Å². The molecule has 3 nitrogen and oxygen atoms in total. The molecule has 0 aromatic heterocycles. The molecule has 0 aliphatic rings. The van der Waals surface area contributed by atoms with Crippen molar-refractivity contribution < 1.29 is 14.6 Å². The van der Waals surface area contributed by atoms with Crippen molar-refractivity contribution in [2.45, 2.75) is 91.1 Å². The third-order valence-corrected chi connectivity index (χ3v) is 5.35. The molecule has 0 bridgehead atoms. The highest BCUT2D eigenvalue weighted by atomic mass is 16.5. The van der Waals surface area contributed by atoms with E-state index in [1.54, 1.807) is 0 Å². The predicted molar refractivity (Wildman–Crippen MR) is 100 cm³/mol. The fraction of sp³-hybridized carbons (Fsp3) is 0.667. The molecule has 0 amide bonds. The summed E-state index contributed by atoms with van der Waals surface area (Å²) in [5, 5.41) is 9.41. The van der Waals surface area contributed by atoms with Gasteiger partial charge in [0, 0.05) is 5.56 Å². The fourth-order valence-corrected chi connectivity index (χ4v) is 2.63. The second-order valence-corrected chi connectivity index (χ2v) is 7.92. The Bertz CT molecular complexity index is 558. The zero-order valence-corrected chi connectivity index (χ0v) is 16.4. The van der Waals surface area contributed by atoms with Gasteiger partial charge in [-0.05, 0) is 41.7 Å². The normalized spacial score (nSPS) is 13.6. The van der Waals surface area contributed by atoms with Crippen LogP contribution in [0.4, 0.5) is 0 Å². The molecule has 0 fully saturated rings. The minimum Gasteiger partial charge on any atom is -0.479 e. The number of hydrogen-bond donors (Lipinski definition) is 1. The van der Waals surface area contributed by atoms with Gasteiger partial charge in [0.05, 0.1) is 0 Å². The van der Waals surface area contributed by atoms with E-state index in [4.69, 9.17) is 4.74 Å². The molecule has 0 saturated heterocycles. The van der Waals surface area contributed by atoms with Crippen molar-refractivity contribution in [1.29, 1.82) is 0 Å². The Balaban J connectivity index is 3.36. The number of rotatable bonds is 9. The predicted octanol–water partition coefficient (Wildman–Crippen LogP) is 5.69. The van der Waals surface area contributed by atoms with E-state index in [9.17, 15) is 9.90 Å². The smallest absolute Gasteiger partial charge is 0.344 e. The summed E-state index contributed by atoms with van der Waals surface area (Å²) in [4.78, 5) is 11.5. The van der Waals surface area contributed by atoms with Crippen LogP contribution in [0.2, 0.25) is 0 Å². The minimum absolute atomic E-state index is 0.0650. The fourth-order valence-electron chi connectivity index (χ4n) is 2.63. The zero-order chi connectivity index (χ0) is 18.5. The van der Waals surface area contributed by atoms with Crippen LogP contribution in [-0.2, 0) is 15.6 Å². The number of carboxylic acid groups (broad SMARTS) is 1. The molecular weight excluding hydrogens is 300 g/mol. The van der Waals surface area contributed by atoms with E-state index in [2.05, 4.69) is 53.7 Å².